The zero-order chi connectivity index (χ0) is 23.8. The molecule has 176 valence electrons. The largest absolute Gasteiger partial charge is 0.484 e. The Morgan fingerprint density at radius 1 is 1.06 bits per heavy atom. The quantitative estimate of drug-likeness (QED) is 0.479. The van der Waals surface area contributed by atoms with Crippen LogP contribution in [0, 0.1) is 0 Å². The van der Waals surface area contributed by atoms with Gasteiger partial charge in [0.05, 0.1) is 12.5 Å². The lowest BCUT2D eigenvalue weighted by atomic mass is 10.0. The van der Waals surface area contributed by atoms with Crippen LogP contribution in [-0.4, -0.2) is 53.7 Å². The number of carbonyl (C=O) groups is 3. The molecule has 1 aliphatic rings. The SMILES string of the molecule is COC(=O)C1NC([C@H](NC(=O)COc2ccccc2)C(=O)NCc2ccccc2)SC1(C)C. The second-order valence-electron chi connectivity index (χ2n) is 8.12. The summed E-state index contributed by atoms with van der Waals surface area (Å²) in [6.07, 6.45) is 0. The Balaban J connectivity index is 1.70. The van der Waals surface area contributed by atoms with Gasteiger partial charge in [-0.1, -0.05) is 48.5 Å². The number of para-hydroxylation sites is 1. The molecule has 2 amide bonds. The predicted octanol–water partition coefficient (Wildman–Crippen LogP) is 1.85. The molecule has 0 bridgehead atoms. The molecule has 3 N–H and O–H groups in total. The number of thioether (sulfide) groups is 1. The van der Waals surface area contributed by atoms with E-state index in [1.165, 1.54) is 18.9 Å². The number of methoxy groups -OCH3 is 1. The van der Waals surface area contributed by atoms with Crippen LogP contribution in [0.15, 0.2) is 60.7 Å². The Kier molecular flexibility index (Phi) is 8.35. The average molecular weight is 472 g/mol. The summed E-state index contributed by atoms with van der Waals surface area (Å²) in [7, 11) is 1.32. The van der Waals surface area contributed by atoms with Crippen molar-refractivity contribution < 1.29 is 23.9 Å². The van der Waals surface area contributed by atoms with Crippen molar-refractivity contribution in [1.29, 1.82) is 0 Å². The van der Waals surface area contributed by atoms with Gasteiger partial charge in [-0.05, 0) is 31.5 Å². The normalized spacial score (nSPS) is 19.8. The molecular weight excluding hydrogens is 442 g/mol. The fourth-order valence-corrected chi connectivity index (χ4v) is 4.97. The van der Waals surface area contributed by atoms with Crippen LogP contribution in [0.3, 0.4) is 0 Å². The van der Waals surface area contributed by atoms with Gasteiger partial charge in [0.25, 0.3) is 5.91 Å². The van der Waals surface area contributed by atoms with Crippen molar-refractivity contribution in [1.82, 2.24) is 16.0 Å². The van der Waals surface area contributed by atoms with E-state index in [9.17, 15) is 14.4 Å². The third-order valence-electron chi connectivity index (χ3n) is 5.22. The zero-order valence-corrected chi connectivity index (χ0v) is 19.7. The summed E-state index contributed by atoms with van der Waals surface area (Å²) >= 11 is 1.41. The van der Waals surface area contributed by atoms with Crippen molar-refractivity contribution in [2.75, 3.05) is 13.7 Å². The van der Waals surface area contributed by atoms with Crippen LogP contribution in [0.25, 0.3) is 0 Å². The molecule has 0 radical (unpaired) electrons. The summed E-state index contributed by atoms with van der Waals surface area (Å²) in [5, 5.41) is 8.27. The van der Waals surface area contributed by atoms with Crippen LogP contribution in [0.5, 0.6) is 5.75 Å². The van der Waals surface area contributed by atoms with Crippen molar-refractivity contribution in [2.24, 2.45) is 0 Å². The number of hydrogen-bond acceptors (Lipinski definition) is 7. The molecule has 1 heterocycles. The topological polar surface area (TPSA) is 106 Å². The van der Waals surface area contributed by atoms with Gasteiger partial charge < -0.3 is 20.1 Å². The molecule has 0 saturated carbocycles. The molecule has 2 unspecified atom stereocenters. The fourth-order valence-electron chi connectivity index (χ4n) is 3.48. The predicted molar refractivity (Wildman–Crippen MR) is 127 cm³/mol. The van der Waals surface area contributed by atoms with Gasteiger partial charge >= 0.3 is 5.97 Å². The molecule has 1 fully saturated rings. The summed E-state index contributed by atoms with van der Waals surface area (Å²) < 4.78 is 9.88. The molecule has 0 aliphatic carbocycles. The number of esters is 1. The fraction of sp³-hybridized carbons (Fsp3) is 0.375. The number of ether oxygens (including phenoxy) is 2. The van der Waals surface area contributed by atoms with Crippen LogP contribution in [0.4, 0.5) is 0 Å². The second kappa shape index (κ2) is 11.2. The first-order valence-electron chi connectivity index (χ1n) is 10.6. The van der Waals surface area contributed by atoms with E-state index >= 15 is 0 Å². The maximum atomic E-state index is 13.1. The monoisotopic (exact) mass is 471 g/mol. The van der Waals surface area contributed by atoms with Crippen LogP contribution >= 0.6 is 11.8 Å². The highest BCUT2D eigenvalue weighted by molar-refractivity contribution is 8.01. The van der Waals surface area contributed by atoms with Crippen molar-refractivity contribution in [2.45, 2.75) is 42.6 Å². The maximum absolute atomic E-state index is 13.1. The van der Waals surface area contributed by atoms with Gasteiger partial charge in [-0.25, -0.2) is 0 Å². The highest BCUT2D eigenvalue weighted by Gasteiger charge is 2.49. The van der Waals surface area contributed by atoms with Crippen LogP contribution in [-0.2, 0) is 25.7 Å². The minimum atomic E-state index is -0.931. The van der Waals surface area contributed by atoms with Gasteiger partial charge in [-0.2, -0.15) is 0 Å². The first kappa shape index (κ1) is 24.6. The summed E-state index contributed by atoms with van der Waals surface area (Å²) in [6, 6.07) is 16.9. The molecule has 33 heavy (non-hydrogen) atoms. The average Bonchev–Trinajstić information content (AvgIpc) is 3.15. The molecule has 8 nitrogen and oxygen atoms in total. The molecule has 1 aliphatic heterocycles. The molecule has 9 heteroatoms. The van der Waals surface area contributed by atoms with Gasteiger partial charge in [-0.3, -0.25) is 19.7 Å². The van der Waals surface area contributed by atoms with Gasteiger partial charge in [0.1, 0.15) is 17.8 Å². The molecule has 2 aromatic rings. The third-order valence-corrected chi connectivity index (χ3v) is 6.72. The van der Waals surface area contributed by atoms with E-state index in [0.717, 1.165) is 5.56 Å². The Hall–Kier alpha value is -3.04. The number of carbonyl (C=O) groups excluding carboxylic acids is 3. The number of hydrogen-bond donors (Lipinski definition) is 3. The van der Waals surface area contributed by atoms with Gasteiger partial charge in [0, 0.05) is 11.3 Å². The Bertz CT molecular complexity index is 955. The van der Waals surface area contributed by atoms with Crippen LogP contribution < -0.4 is 20.7 Å². The minimum absolute atomic E-state index is 0.242. The highest BCUT2D eigenvalue weighted by Crippen LogP contribution is 2.39. The Morgan fingerprint density at radius 2 is 1.70 bits per heavy atom. The molecule has 0 spiro atoms. The van der Waals surface area contributed by atoms with E-state index in [1.807, 2.05) is 50.2 Å². The number of amides is 2. The Morgan fingerprint density at radius 3 is 2.33 bits per heavy atom. The first-order valence-corrected chi connectivity index (χ1v) is 11.5. The summed E-state index contributed by atoms with van der Waals surface area (Å²) in [5.74, 6) is -0.672. The summed E-state index contributed by atoms with van der Waals surface area (Å²) in [4.78, 5) is 38.0. The van der Waals surface area contributed by atoms with Crippen molar-refractivity contribution in [3.05, 3.63) is 66.2 Å². The standard InChI is InChI=1S/C24H29N3O5S/c1-24(2)20(23(30)31-3)27-22(33-24)19(21(29)25-14-16-10-6-4-7-11-16)26-18(28)15-32-17-12-8-5-9-13-17/h4-13,19-20,22,27H,14-15H2,1-3H3,(H,25,29)(H,26,28)/t19-,20?,22?/m1/s1. The third kappa shape index (κ3) is 6.72. The zero-order valence-electron chi connectivity index (χ0n) is 18.9. The molecule has 1 saturated heterocycles. The minimum Gasteiger partial charge on any atom is -0.484 e. The summed E-state index contributed by atoms with van der Waals surface area (Å²) in [6.45, 7) is 3.86. The molecule has 0 aromatic heterocycles. The number of benzene rings is 2. The van der Waals surface area contributed by atoms with E-state index < -0.39 is 34.1 Å². The number of rotatable bonds is 9. The lowest BCUT2D eigenvalue weighted by Crippen LogP contribution is -2.57. The smallest absolute Gasteiger partial charge is 0.324 e. The van der Waals surface area contributed by atoms with Crippen LogP contribution in [0.1, 0.15) is 19.4 Å². The van der Waals surface area contributed by atoms with Crippen molar-refractivity contribution >= 4 is 29.5 Å². The van der Waals surface area contributed by atoms with Crippen molar-refractivity contribution in [3.63, 3.8) is 0 Å². The van der Waals surface area contributed by atoms with E-state index in [-0.39, 0.29) is 12.5 Å². The number of nitrogens with one attached hydrogen (secondary N) is 3. The van der Waals surface area contributed by atoms with Crippen molar-refractivity contribution in [3.8, 4) is 5.75 Å². The highest BCUT2D eigenvalue weighted by atomic mass is 32.2. The van der Waals surface area contributed by atoms with E-state index in [0.29, 0.717) is 12.3 Å². The van der Waals surface area contributed by atoms with E-state index in [2.05, 4.69) is 16.0 Å². The van der Waals surface area contributed by atoms with Crippen LogP contribution in [0.2, 0.25) is 0 Å². The maximum Gasteiger partial charge on any atom is 0.324 e. The lowest BCUT2D eigenvalue weighted by molar-refractivity contribution is -0.143. The van der Waals surface area contributed by atoms with Gasteiger partial charge in [-0.15, -0.1) is 11.8 Å². The Labute approximate surface area is 197 Å². The van der Waals surface area contributed by atoms with E-state index in [4.69, 9.17) is 9.47 Å². The van der Waals surface area contributed by atoms with Gasteiger partial charge in [0.15, 0.2) is 6.61 Å². The lowest BCUT2D eigenvalue weighted by Gasteiger charge is -2.25. The first-order chi connectivity index (χ1) is 15.8. The molecular formula is C24H29N3O5S. The molecule has 3 rings (SSSR count). The molecule has 2 aromatic carbocycles. The second-order valence-corrected chi connectivity index (χ2v) is 9.91. The van der Waals surface area contributed by atoms with E-state index in [1.54, 1.807) is 24.3 Å². The van der Waals surface area contributed by atoms with Gasteiger partial charge in [0.2, 0.25) is 5.91 Å². The summed E-state index contributed by atoms with van der Waals surface area (Å²) in [5.41, 5.74) is 0.933. The molecule has 3 atom stereocenters.